The minimum Gasteiger partial charge on any atom is -0.493 e. The summed E-state index contributed by atoms with van der Waals surface area (Å²) in [6.07, 6.45) is 19.2. The van der Waals surface area contributed by atoms with E-state index >= 15 is 0 Å². The van der Waals surface area contributed by atoms with Crippen LogP contribution < -0.4 is 4.74 Å². The van der Waals surface area contributed by atoms with Crippen molar-refractivity contribution >= 4 is 0 Å². The van der Waals surface area contributed by atoms with Gasteiger partial charge in [0.2, 0.25) is 0 Å². The quantitative estimate of drug-likeness (QED) is 0.335. The summed E-state index contributed by atoms with van der Waals surface area (Å²) in [5.41, 5.74) is 1.54. The highest BCUT2D eigenvalue weighted by atomic mass is 16.5. The number of rotatable bonds is 7. The Morgan fingerprint density at radius 3 is 2.14 bits per heavy atom. The van der Waals surface area contributed by atoms with E-state index in [9.17, 15) is 0 Å². The third-order valence-corrected chi connectivity index (χ3v) is 8.73. The monoisotopic (exact) mass is 394 g/mol. The van der Waals surface area contributed by atoms with Gasteiger partial charge in [0.15, 0.2) is 0 Å². The van der Waals surface area contributed by atoms with E-state index in [-0.39, 0.29) is 0 Å². The van der Waals surface area contributed by atoms with E-state index in [4.69, 9.17) is 4.74 Å². The Hall–Kier alpha value is -1.24. The van der Waals surface area contributed by atoms with Gasteiger partial charge in [0.25, 0.3) is 0 Å². The molecule has 4 unspecified atom stereocenters. The maximum Gasteiger partial charge on any atom is 0.119 e. The lowest BCUT2D eigenvalue weighted by Gasteiger charge is -2.45. The predicted octanol–water partition coefficient (Wildman–Crippen LogP) is 8.16. The zero-order valence-electron chi connectivity index (χ0n) is 18.7. The van der Waals surface area contributed by atoms with E-state index < -0.39 is 0 Å². The first kappa shape index (κ1) is 21.0. The van der Waals surface area contributed by atoms with Gasteiger partial charge in [-0.1, -0.05) is 44.4 Å². The van der Waals surface area contributed by atoms with E-state index in [0.29, 0.717) is 0 Å². The second-order valence-electron chi connectivity index (χ2n) is 10.3. The van der Waals surface area contributed by atoms with Crippen LogP contribution in [0.15, 0.2) is 36.9 Å². The van der Waals surface area contributed by atoms with Crippen LogP contribution in [0, 0.1) is 29.6 Å². The van der Waals surface area contributed by atoms with Crippen molar-refractivity contribution in [2.75, 3.05) is 6.61 Å². The van der Waals surface area contributed by atoms with Gasteiger partial charge in [-0.25, -0.2) is 0 Å². The summed E-state index contributed by atoms with van der Waals surface area (Å²) in [6.45, 7) is 6.88. The Labute approximate surface area is 179 Å². The van der Waals surface area contributed by atoms with Crippen molar-refractivity contribution in [2.45, 2.75) is 89.9 Å². The number of hydrogen-bond acceptors (Lipinski definition) is 1. The van der Waals surface area contributed by atoms with Crippen LogP contribution in [-0.4, -0.2) is 6.61 Å². The van der Waals surface area contributed by atoms with Gasteiger partial charge in [-0.2, -0.15) is 0 Å². The van der Waals surface area contributed by atoms with Crippen LogP contribution in [0.25, 0.3) is 0 Å². The van der Waals surface area contributed by atoms with Crippen molar-refractivity contribution in [3.05, 3.63) is 42.5 Å². The summed E-state index contributed by atoms with van der Waals surface area (Å²) in [4.78, 5) is 0. The molecule has 0 bridgehead atoms. The fraction of sp³-hybridized carbons (Fsp3) is 0.714. The zero-order valence-corrected chi connectivity index (χ0v) is 18.7. The van der Waals surface area contributed by atoms with Gasteiger partial charge in [0.1, 0.15) is 5.75 Å². The largest absolute Gasteiger partial charge is 0.493 e. The highest BCUT2D eigenvalue weighted by molar-refractivity contribution is 5.30. The van der Waals surface area contributed by atoms with Crippen LogP contribution in [0.3, 0.4) is 0 Å². The van der Waals surface area contributed by atoms with Crippen molar-refractivity contribution in [1.29, 1.82) is 0 Å². The predicted molar refractivity (Wildman–Crippen MR) is 123 cm³/mol. The smallest absolute Gasteiger partial charge is 0.119 e. The van der Waals surface area contributed by atoms with Gasteiger partial charge in [-0.05, 0) is 111 Å². The first-order valence-corrected chi connectivity index (χ1v) is 12.6. The molecule has 0 heterocycles. The molecule has 160 valence electrons. The van der Waals surface area contributed by atoms with Crippen LogP contribution in [0.2, 0.25) is 0 Å². The molecule has 3 fully saturated rings. The van der Waals surface area contributed by atoms with Gasteiger partial charge in [-0.3, -0.25) is 0 Å². The molecule has 4 atom stereocenters. The van der Waals surface area contributed by atoms with Gasteiger partial charge in [0.05, 0.1) is 6.61 Å². The molecule has 0 amide bonds. The molecule has 1 aromatic carbocycles. The first-order chi connectivity index (χ1) is 14.3. The molecular formula is C28H42O. The number of benzene rings is 1. The van der Waals surface area contributed by atoms with Crippen molar-refractivity contribution in [3.63, 3.8) is 0 Å². The molecule has 3 aliphatic rings. The molecule has 0 spiro atoms. The number of fused-ring (bicyclic) bond motifs is 1. The zero-order chi connectivity index (χ0) is 20.1. The van der Waals surface area contributed by atoms with E-state index in [1.54, 1.807) is 12.0 Å². The fourth-order valence-electron chi connectivity index (χ4n) is 6.82. The Kier molecular flexibility index (Phi) is 7.38. The maximum absolute atomic E-state index is 5.79. The Morgan fingerprint density at radius 1 is 0.828 bits per heavy atom. The summed E-state index contributed by atoms with van der Waals surface area (Å²) < 4.78 is 5.79. The standard InChI is InChI=1S/C28H42O/c1-3-5-18-29-28-16-14-23(15-17-28)25-11-13-26-19-24(10-12-27(26)20-25)22-8-6-21(4-2)7-9-22/h3,14-17,21-22,24-27H,1,4-13,18-20H2,2H3. The average Bonchev–Trinajstić information content (AvgIpc) is 2.79. The highest BCUT2D eigenvalue weighted by Crippen LogP contribution is 2.51. The lowest BCUT2D eigenvalue weighted by atomic mass is 9.60. The van der Waals surface area contributed by atoms with Crippen molar-refractivity contribution in [3.8, 4) is 5.75 Å². The SMILES string of the molecule is C=CCCOc1ccc(C2CCC3CC(C4CCC(CC)CC4)CCC3C2)cc1. The molecule has 1 nitrogen and oxygen atoms in total. The third-order valence-electron chi connectivity index (χ3n) is 8.73. The van der Waals surface area contributed by atoms with E-state index in [1.165, 1.54) is 64.2 Å². The molecule has 3 aliphatic carbocycles. The molecule has 1 aromatic rings. The van der Waals surface area contributed by atoms with Gasteiger partial charge < -0.3 is 4.74 Å². The number of hydrogen-bond donors (Lipinski definition) is 0. The third kappa shape index (κ3) is 5.28. The highest BCUT2D eigenvalue weighted by Gasteiger charge is 2.38. The summed E-state index contributed by atoms with van der Waals surface area (Å²) in [7, 11) is 0. The molecule has 0 aliphatic heterocycles. The van der Waals surface area contributed by atoms with Gasteiger partial charge in [0, 0.05) is 0 Å². The Morgan fingerprint density at radius 2 is 1.45 bits per heavy atom. The van der Waals surface area contributed by atoms with Crippen LogP contribution in [0.5, 0.6) is 5.75 Å². The fourth-order valence-corrected chi connectivity index (χ4v) is 6.82. The first-order valence-electron chi connectivity index (χ1n) is 12.6. The molecule has 1 heteroatoms. The topological polar surface area (TPSA) is 9.23 Å². The molecule has 29 heavy (non-hydrogen) atoms. The maximum atomic E-state index is 5.79. The Bertz CT molecular complexity index is 624. The van der Waals surface area contributed by atoms with E-state index in [2.05, 4.69) is 37.8 Å². The second-order valence-corrected chi connectivity index (χ2v) is 10.3. The molecule has 0 aromatic heterocycles. The summed E-state index contributed by atoms with van der Waals surface area (Å²) in [6, 6.07) is 9.00. The van der Waals surface area contributed by atoms with Crippen molar-refractivity contribution in [1.82, 2.24) is 0 Å². The van der Waals surface area contributed by atoms with Crippen molar-refractivity contribution < 1.29 is 4.74 Å². The van der Waals surface area contributed by atoms with E-state index in [0.717, 1.165) is 54.3 Å². The summed E-state index contributed by atoms with van der Waals surface area (Å²) >= 11 is 0. The molecule has 0 saturated heterocycles. The van der Waals surface area contributed by atoms with Gasteiger partial charge in [-0.15, -0.1) is 6.58 Å². The normalized spacial score (nSPS) is 34.9. The van der Waals surface area contributed by atoms with Crippen molar-refractivity contribution in [2.24, 2.45) is 29.6 Å². The lowest BCUT2D eigenvalue weighted by Crippen LogP contribution is -2.34. The molecule has 3 saturated carbocycles. The molecule has 0 N–H and O–H groups in total. The minimum atomic E-state index is 0.733. The van der Waals surface area contributed by atoms with Gasteiger partial charge >= 0.3 is 0 Å². The molecule has 0 radical (unpaired) electrons. The van der Waals surface area contributed by atoms with Crippen LogP contribution in [0.1, 0.15) is 95.5 Å². The summed E-state index contributed by atoms with van der Waals surface area (Å²) in [5.74, 6) is 6.94. The van der Waals surface area contributed by atoms with Crippen LogP contribution in [0.4, 0.5) is 0 Å². The molecular weight excluding hydrogens is 352 g/mol. The molecule has 4 rings (SSSR count). The Balaban J connectivity index is 1.27. The lowest BCUT2D eigenvalue weighted by molar-refractivity contribution is 0.0716. The van der Waals surface area contributed by atoms with E-state index in [1.807, 2.05) is 6.08 Å². The average molecular weight is 395 g/mol. The minimum absolute atomic E-state index is 0.733. The van der Waals surface area contributed by atoms with Crippen LogP contribution in [-0.2, 0) is 0 Å². The number of ether oxygens (including phenoxy) is 1. The second kappa shape index (κ2) is 10.2. The summed E-state index contributed by atoms with van der Waals surface area (Å²) in [5, 5.41) is 0. The van der Waals surface area contributed by atoms with Crippen LogP contribution >= 0.6 is 0 Å².